The van der Waals surface area contributed by atoms with Crippen LogP contribution in [0.25, 0.3) is 0 Å². The van der Waals surface area contributed by atoms with Crippen LogP contribution in [0.4, 0.5) is 9.18 Å². The van der Waals surface area contributed by atoms with E-state index in [0.29, 0.717) is 11.3 Å². The van der Waals surface area contributed by atoms with Gasteiger partial charge in [0.2, 0.25) is 0 Å². The first-order valence-corrected chi connectivity index (χ1v) is 8.09. The Balaban J connectivity index is 1.80. The van der Waals surface area contributed by atoms with Crippen molar-refractivity contribution in [3.63, 3.8) is 0 Å². The van der Waals surface area contributed by atoms with Gasteiger partial charge in [0.1, 0.15) is 23.3 Å². The van der Waals surface area contributed by atoms with Crippen LogP contribution in [0.2, 0.25) is 0 Å². The molecule has 0 heterocycles. The first kappa shape index (κ1) is 17.6. The number of ether oxygens (including phenoxy) is 2. The van der Waals surface area contributed by atoms with Gasteiger partial charge in [0.15, 0.2) is 0 Å². The molecule has 0 aliphatic heterocycles. The number of benzene rings is 1. The molecule has 0 radical (unpaired) electrons. The highest BCUT2D eigenvalue weighted by atomic mass is 19.1. The van der Waals surface area contributed by atoms with E-state index in [9.17, 15) is 9.18 Å². The third-order valence-electron chi connectivity index (χ3n) is 3.71. The standard InChI is InChI=1S/C18H26FNO3/c1-11(2)15-10-13(6-7-16(15)19)22-14-8-12(9-14)20-17(21)23-18(3,4)5/h6-7,10-12,14H,8-9H2,1-5H3,(H,20,21). The molecule has 0 atom stereocenters. The number of hydrogen-bond acceptors (Lipinski definition) is 3. The zero-order valence-electron chi connectivity index (χ0n) is 14.5. The molecule has 1 aliphatic carbocycles. The lowest BCUT2D eigenvalue weighted by molar-refractivity contribution is 0.0362. The molecule has 5 heteroatoms. The molecular weight excluding hydrogens is 297 g/mol. The van der Waals surface area contributed by atoms with Crippen molar-refractivity contribution in [2.75, 3.05) is 0 Å². The number of amides is 1. The first-order chi connectivity index (χ1) is 10.6. The zero-order chi connectivity index (χ0) is 17.2. The molecule has 4 nitrogen and oxygen atoms in total. The van der Waals surface area contributed by atoms with Crippen LogP contribution in [0, 0.1) is 5.82 Å². The molecule has 2 rings (SSSR count). The molecule has 1 saturated carbocycles. The fraction of sp³-hybridized carbons (Fsp3) is 0.611. The second kappa shape index (κ2) is 6.77. The summed E-state index contributed by atoms with van der Waals surface area (Å²) >= 11 is 0. The summed E-state index contributed by atoms with van der Waals surface area (Å²) in [6.07, 6.45) is 1.10. The van der Waals surface area contributed by atoms with E-state index in [0.717, 1.165) is 12.8 Å². The summed E-state index contributed by atoms with van der Waals surface area (Å²) in [7, 11) is 0. The van der Waals surface area contributed by atoms with Gasteiger partial charge in [0, 0.05) is 18.9 Å². The second-order valence-electron chi connectivity index (χ2n) is 7.39. The van der Waals surface area contributed by atoms with E-state index in [1.165, 1.54) is 6.07 Å². The van der Waals surface area contributed by atoms with E-state index >= 15 is 0 Å². The Hall–Kier alpha value is -1.78. The highest BCUT2D eigenvalue weighted by Gasteiger charge is 2.33. The fourth-order valence-corrected chi connectivity index (χ4v) is 2.48. The summed E-state index contributed by atoms with van der Waals surface area (Å²) in [5.41, 5.74) is 0.163. The van der Waals surface area contributed by atoms with Crippen LogP contribution >= 0.6 is 0 Å². The minimum atomic E-state index is -0.495. The Kier molecular flexibility index (Phi) is 5.17. The highest BCUT2D eigenvalue weighted by Crippen LogP contribution is 2.29. The molecule has 23 heavy (non-hydrogen) atoms. The van der Waals surface area contributed by atoms with Crippen molar-refractivity contribution in [3.05, 3.63) is 29.6 Å². The number of halogens is 1. The number of nitrogens with one attached hydrogen (secondary N) is 1. The zero-order valence-corrected chi connectivity index (χ0v) is 14.5. The summed E-state index contributed by atoms with van der Waals surface area (Å²) < 4.78 is 24.7. The van der Waals surface area contributed by atoms with E-state index in [-0.39, 0.29) is 23.9 Å². The van der Waals surface area contributed by atoms with E-state index in [2.05, 4.69) is 5.32 Å². The van der Waals surface area contributed by atoms with Gasteiger partial charge in [-0.25, -0.2) is 9.18 Å². The van der Waals surface area contributed by atoms with Gasteiger partial charge in [-0.05, 0) is 50.5 Å². The number of alkyl carbamates (subject to hydrolysis) is 1. The van der Waals surface area contributed by atoms with Crippen LogP contribution in [0.5, 0.6) is 5.75 Å². The van der Waals surface area contributed by atoms with E-state index in [1.54, 1.807) is 12.1 Å². The van der Waals surface area contributed by atoms with Gasteiger partial charge in [-0.1, -0.05) is 13.8 Å². The van der Waals surface area contributed by atoms with Crippen molar-refractivity contribution >= 4 is 6.09 Å². The molecule has 1 aliphatic rings. The molecule has 0 bridgehead atoms. The minimum Gasteiger partial charge on any atom is -0.490 e. The molecule has 1 aromatic carbocycles. The number of carbonyl (C=O) groups is 1. The van der Waals surface area contributed by atoms with Gasteiger partial charge in [-0.3, -0.25) is 0 Å². The average molecular weight is 323 g/mol. The maximum atomic E-state index is 13.7. The lowest BCUT2D eigenvalue weighted by Crippen LogP contribution is -2.50. The van der Waals surface area contributed by atoms with Crippen molar-refractivity contribution in [1.29, 1.82) is 0 Å². The van der Waals surface area contributed by atoms with Gasteiger partial charge < -0.3 is 14.8 Å². The van der Waals surface area contributed by atoms with Crippen LogP contribution < -0.4 is 10.1 Å². The second-order valence-corrected chi connectivity index (χ2v) is 7.39. The van der Waals surface area contributed by atoms with Crippen LogP contribution in [0.15, 0.2) is 18.2 Å². The molecule has 0 aromatic heterocycles. The molecule has 128 valence electrons. The molecular formula is C18H26FNO3. The maximum absolute atomic E-state index is 13.7. The summed E-state index contributed by atoms with van der Waals surface area (Å²) in [5, 5.41) is 2.83. The number of rotatable bonds is 4. The smallest absolute Gasteiger partial charge is 0.407 e. The lowest BCUT2D eigenvalue weighted by atomic mass is 9.89. The third-order valence-corrected chi connectivity index (χ3v) is 3.71. The SMILES string of the molecule is CC(C)c1cc(OC2CC(NC(=O)OC(C)(C)C)C2)ccc1F. The summed E-state index contributed by atoms with van der Waals surface area (Å²) in [5.74, 6) is 0.586. The highest BCUT2D eigenvalue weighted by molar-refractivity contribution is 5.68. The summed E-state index contributed by atoms with van der Waals surface area (Å²) in [6.45, 7) is 9.40. The average Bonchev–Trinajstić information content (AvgIpc) is 2.35. The van der Waals surface area contributed by atoms with Crippen molar-refractivity contribution in [2.24, 2.45) is 0 Å². The van der Waals surface area contributed by atoms with Gasteiger partial charge in [0.05, 0.1) is 0 Å². The normalized spacial score (nSPS) is 20.8. The molecule has 1 N–H and O–H groups in total. The summed E-state index contributed by atoms with van der Waals surface area (Å²) in [6, 6.07) is 4.92. The van der Waals surface area contributed by atoms with Crippen molar-refractivity contribution < 1.29 is 18.7 Å². The topological polar surface area (TPSA) is 47.6 Å². The molecule has 0 spiro atoms. The quantitative estimate of drug-likeness (QED) is 0.894. The van der Waals surface area contributed by atoms with Crippen molar-refractivity contribution in [1.82, 2.24) is 5.32 Å². The maximum Gasteiger partial charge on any atom is 0.407 e. The molecule has 0 saturated heterocycles. The van der Waals surface area contributed by atoms with Crippen LogP contribution in [-0.4, -0.2) is 23.8 Å². The predicted molar refractivity (Wildman–Crippen MR) is 87.3 cm³/mol. The van der Waals surface area contributed by atoms with Crippen LogP contribution in [0.3, 0.4) is 0 Å². The fourth-order valence-electron chi connectivity index (χ4n) is 2.48. The Bertz CT molecular complexity index is 560. The summed E-state index contributed by atoms with van der Waals surface area (Å²) in [4.78, 5) is 11.7. The van der Waals surface area contributed by atoms with Crippen LogP contribution in [0.1, 0.15) is 58.9 Å². The van der Waals surface area contributed by atoms with Crippen LogP contribution in [-0.2, 0) is 4.74 Å². The van der Waals surface area contributed by atoms with Crippen molar-refractivity contribution in [3.8, 4) is 5.75 Å². The Morgan fingerprint density at radius 3 is 2.52 bits per heavy atom. The monoisotopic (exact) mass is 323 g/mol. The lowest BCUT2D eigenvalue weighted by Gasteiger charge is -2.36. The number of carbonyl (C=O) groups excluding carboxylic acids is 1. The number of hydrogen-bond donors (Lipinski definition) is 1. The molecule has 0 unspecified atom stereocenters. The molecule has 1 aromatic rings. The largest absolute Gasteiger partial charge is 0.490 e. The minimum absolute atomic E-state index is 0.0420. The third kappa shape index (κ3) is 5.12. The Morgan fingerprint density at radius 2 is 1.96 bits per heavy atom. The van der Waals surface area contributed by atoms with E-state index in [1.807, 2.05) is 34.6 Å². The van der Waals surface area contributed by atoms with Gasteiger partial charge >= 0.3 is 6.09 Å². The van der Waals surface area contributed by atoms with E-state index < -0.39 is 11.7 Å². The Labute approximate surface area is 137 Å². The Morgan fingerprint density at radius 1 is 1.30 bits per heavy atom. The molecule has 1 amide bonds. The van der Waals surface area contributed by atoms with Gasteiger partial charge in [0.25, 0.3) is 0 Å². The van der Waals surface area contributed by atoms with E-state index in [4.69, 9.17) is 9.47 Å². The van der Waals surface area contributed by atoms with Gasteiger partial charge in [-0.2, -0.15) is 0 Å². The predicted octanol–water partition coefficient (Wildman–Crippen LogP) is 4.38. The van der Waals surface area contributed by atoms with Crippen molar-refractivity contribution in [2.45, 2.75) is 71.1 Å². The first-order valence-electron chi connectivity index (χ1n) is 8.09. The molecule has 1 fully saturated rings. The van der Waals surface area contributed by atoms with Gasteiger partial charge in [-0.15, -0.1) is 0 Å².